The highest BCUT2D eigenvalue weighted by molar-refractivity contribution is 5.66. The first kappa shape index (κ1) is 10.4. The topological polar surface area (TPSA) is 46.5 Å². The lowest BCUT2D eigenvalue weighted by Gasteiger charge is -1.97. The number of hydrogen-bond donors (Lipinski definition) is 1. The Bertz CT molecular complexity index is 102. The normalized spacial score (nSPS) is 9.91. The van der Waals surface area contributed by atoms with Crippen LogP contribution >= 0.6 is 0 Å². The van der Waals surface area contributed by atoms with Gasteiger partial charge in [0.1, 0.15) is 0 Å². The van der Waals surface area contributed by atoms with Gasteiger partial charge < -0.3 is 9.84 Å². The Balaban J connectivity index is 2.85. The lowest BCUT2D eigenvalue weighted by atomic mass is 10.1. The minimum Gasteiger partial charge on any atom is -0.481 e. The summed E-state index contributed by atoms with van der Waals surface area (Å²) in [5.41, 5.74) is 0. The van der Waals surface area contributed by atoms with E-state index < -0.39 is 5.97 Å². The molecule has 1 N–H and O–H groups in total. The average molecular weight is 160 g/mol. The predicted molar refractivity (Wildman–Crippen MR) is 42.6 cm³/mol. The van der Waals surface area contributed by atoms with Crippen LogP contribution in [-0.4, -0.2) is 24.8 Å². The minimum atomic E-state index is -0.697. The van der Waals surface area contributed by atoms with Crippen molar-refractivity contribution in [2.45, 2.75) is 32.1 Å². The van der Waals surface area contributed by atoms with Crippen LogP contribution in [0.25, 0.3) is 0 Å². The third-order valence-corrected chi connectivity index (χ3v) is 1.49. The molecule has 66 valence electrons. The molecule has 0 amide bonds. The monoisotopic (exact) mass is 160 g/mol. The first-order valence-corrected chi connectivity index (χ1v) is 3.98. The molecule has 0 aromatic rings. The molecule has 0 heterocycles. The van der Waals surface area contributed by atoms with Crippen molar-refractivity contribution in [3.05, 3.63) is 0 Å². The van der Waals surface area contributed by atoms with Crippen LogP contribution in [-0.2, 0) is 9.53 Å². The fraction of sp³-hybridized carbons (Fsp3) is 0.875. The molecule has 0 fully saturated rings. The van der Waals surface area contributed by atoms with Gasteiger partial charge in [-0.3, -0.25) is 4.79 Å². The number of methoxy groups -OCH3 is 1. The van der Waals surface area contributed by atoms with E-state index in [9.17, 15) is 4.79 Å². The molecule has 3 heteroatoms. The Morgan fingerprint density at radius 1 is 1.27 bits per heavy atom. The molecule has 0 spiro atoms. The van der Waals surface area contributed by atoms with Gasteiger partial charge in [0.05, 0.1) is 0 Å². The molecule has 0 radical (unpaired) electrons. The summed E-state index contributed by atoms with van der Waals surface area (Å²) in [5.74, 6) is -0.697. The van der Waals surface area contributed by atoms with Gasteiger partial charge in [-0.25, -0.2) is 0 Å². The van der Waals surface area contributed by atoms with E-state index in [-0.39, 0.29) is 0 Å². The number of rotatable bonds is 7. The van der Waals surface area contributed by atoms with Crippen LogP contribution in [0.15, 0.2) is 0 Å². The molecular weight excluding hydrogens is 144 g/mol. The second kappa shape index (κ2) is 7.54. The van der Waals surface area contributed by atoms with E-state index in [0.717, 1.165) is 32.3 Å². The molecule has 0 saturated carbocycles. The van der Waals surface area contributed by atoms with Crippen molar-refractivity contribution >= 4 is 5.97 Å². The first-order valence-electron chi connectivity index (χ1n) is 3.98. The van der Waals surface area contributed by atoms with Crippen molar-refractivity contribution in [3.8, 4) is 0 Å². The van der Waals surface area contributed by atoms with Crippen LogP contribution in [0.2, 0.25) is 0 Å². The molecule has 0 rings (SSSR count). The van der Waals surface area contributed by atoms with Crippen LogP contribution in [0, 0.1) is 0 Å². The minimum absolute atomic E-state index is 0.299. The van der Waals surface area contributed by atoms with Crippen molar-refractivity contribution in [1.29, 1.82) is 0 Å². The zero-order valence-electron chi connectivity index (χ0n) is 7.01. The quantitative estimate of drug-likeness (QED) is 0.576. The summed E-state index contributed by atoms with van der Waals surface area (Å²) >= 11 is 0. The molecule has 0 aromatic heterocycles. The van der Waals surface area contributed by atoms with Gasteiger partial charge in [-0.2, -0.15) is 0 Å². The zero-order chi connectivity index (χ0) is 8.53. The number of carboxylic acid groups (broad SMARTS) is 1. The van der Waals surface area contributed by atoms with E-state index in [1.165, 1.54) is 0 Å². The molecule has 0 bridgehead atoms. The Labute approximate surface area is 67.4 Å². The Morgan fingerprint density at radius 3 is 2.45 bits per heavy atom. The molecule has 0 unspecified atom stereocenters. The van der Waals surface area contributed by atoms with Crippen LogP contribution in [0.4, 0.5) is 0 Å². The van der Waals surface area contributed by atoms with Gasteiger partial charge in [0.2, 0.25) is 0 Å². The largest absolute Gasteiger partial charge is 0.481 e. The summed E-state index contributed by atoms with van der Waals surface area (Å²) in [6.07, 6.45) is 4.19. The molecule has 0 aliphatic carbocycles. The summed E-state index contributed by atoms with van der Waals surface area (Å²) in [6.45, 7) is 0.785. The van der Waals surface area contributed by atoms with Crippen molar-refractivity contribution < 1.29 is 14.6 Å². The third kappa shape index (κ3) is 9.43. The van der Waals surface area contributed by atoms with Gasteiger partial charge >= 0.3 is 5.97 Å². The zero-order valence-corrected chi connectivity index (χ0v) is 7.01. The van der Waals surface area contributed by atoms with E-state index >= 15 is 0 Å². The fourth-order valence-corrected chi connectivity index (χ4v) is 0.876. The number of unbranched alkanes of at least 4 members (excludes halogenated alkanes) is 3. The second-order valence-corrected chi connectivity index (χ2v) is 2.55. The van der Waals surface area contributed by atoms with Gasteiger partial charge in [-0.15, -0.1) is 0 Å². The summed E-state index contributed by atoms with van der Waals surface area (Å²) in [4.78, 5) is 10.1. The van der Waals surface area contributed by atoms with Gasteiger partial charge in [-0.05, 0) is 12.8 Å². The third-order valence-electron chi connectivity index (χ3n) is 1.49. The summed E-state index contributed by atoms with van der Waals surface area (Å²) in [7, 11) is 1.68. The standard InChI is InChI=1S/C8H16O3/c1-11-7-5-3-2-4-6-8(9)10/h2-7H2,1H3,(H,9,10). The summed E-state index contributed by atoms with van der Waals surface area (Å²) in [6, 6.07) is 0. The van der Waals surface area contributed by atoms with E-state index in [0.29, 0.717) is 6.42 Å². The molecule has 0 aliphatic heterocycles. The van der Waals surface area contributed by atoms with E-state index in [1.807, 2.05) is 0 Å². The predicted octanol–water partition coefficient (Wildman–Crippen LogP) is 1.67. The highest BCUT2D eigenvalue weighted by Crippen LogP contribution is 2.02. The smallest absolute Gasteiger partial charge is 0.303 e. The highest BCUT2D eigenvalue weighted by Gasteiger charge is 1.95. The number of hydrogen-bond acceptors (Lipinski definition) is 2. The summed E-state index contributed by atoms with van der Waals surface area (Å²) in [5, 5.41) is 8.29. The number of carbonyl (C=O) groups is 1. The van der Waals surface area contributed by atoms with Crippen LogP contribution < -0.4 is 0 Å². The Morgan fingerprint density at radius 2 is 1.91 bits per heavy atom. The van der Waals surface area contributed by atoms with Crippen molar-refractivity contribution in [2.24, 2.45) is 0 Å². The van der Waals surface area contributed by atoms with E-state index in [2.05, 4.69) is 0 Å². The maximum atomic E-state index is 10.1. The Kier molecular flexibility index (Phi) is 7.15. The number of aliphatic carboxylic acids is 1. The highest BCUT2D eigenvalue weighted by atomic mass is 16.5. The first-order chi connectivity index (χ1) is 5.27. The van der Waals surface area contributed by atoms with Gasteiger partial charge in [-0.1, -0.05) is 12.8 Å². The Hall–Kier alpha value is -0.570. The molecule has 3 nitrogen and oxygen atoms in total. The lowest BCUT2D eigenvalue weighted by molar-refractivity contribution is -0.137. The molecule has 0 atom stereocenters. The molecule has 0 aromatic carbocycles. The number of carboxylic acids is 1. The van der Waals surface area contributed by atoms with Crippen LogP contribution in [0.3, 0.4) is 0 Å². The maximum absolute atomic E-state index is 10.1. The van der Waals surface area contributed by atoms with Gasteiger partial charge in [0.25, 0.3) is 0 Å². The van der Waals surface area contributed by atoms with E-state index in [4.69, 9.17) is 9.84 Å². The molecule has 11 heavy (non-hydrogen) atoms. The molecular formula is C8H16O3. The average Bonchev–Trinajstić information content (AvgIpc) is 1.96. The SMILES string of the molecule is COCCCCCCC(=O)O. The lowest BCUT2D eigenvalue weighted by Crippen LogP contribution is -1.94. The van der Waals surface area contributed by atoms with Crippen molar-refractivity contribution in [3.63, 3.8) is 0 Å². The van der Waals surface area contributed by atoms with Crippen LogP contribution in [0.1, 0.15) is 32.1 Å². The van der Waals surface area contributed by atoms with Crippen LogP contribution in [0.5, 0.6) is 0 Å². The van der Waals surface area contributed by atoms with Crippen molar-refractivity contribution in [1.82, 2.24) is 0 Å². The second-order valence-electron chi connectivity index (χ2n) is 2.55. The van der Waals surface area contributed by atoms with E-state index in [1.54, 1.807) is 7.11 Å². The van der Waals surface area contributed by atoms with Gasteiger partial charge in [0, 0.05) is 20.1 Å². The molecule has 0 aliphatic rings. The summed E-state index contributed by atoms with van der Waals surface area (Å²) < 4.78 is 4.85. The number of ether oxygens (including phenoxy) is 1. The van der Waals surface area contributed by atoms with Crippen molar-refractivity contribution in [2.75, 3.05) is 13.7 Å². The maximum Gasteiger partial charge on any atom is 0.303 e. The van der Waals surface area contributed by atoms with Gasteiger partial charge in [0.15, 0.2) is 0 Å². The molecule has 0 saturated heterocycles. The fourth-order valence-electron chi connectivity index (χ4n) is 0.876.